The maximum absolute atomic E-state index is 4.45. The van der Waals surface area contributed by atoms with Crippen LogP contribution in [0.2, 0.25) is 0 Å². The van der Waals surface area contributed by atoms with Crippen LogP contribution in [0.4, 0.5) is 0 Å². The summed E-state index contributed by atoms with van der Waals surface area (Å²) in [6, 6.07) is 9.60. The van der Waals surface area contributed by atoms with Crippen molar-refractivity contribution in [3.05, 3.63) is 36.2 Å². The smallest absolute Gasteiger partial charge is 0.191 e. The second-order valence-electron chi connectivity index (χ2n) is 8.23. The number of guanidine groups is 1. The van der Waals surface area contributed by atoms with E-state index < -0.39 is 0 Å². The Bertz CT molecular complexity index is 787. The lowest BCUT2D eigenvalue weighted by atomic mass is 9.92. The molecular weight excluding hydrogens is 489 g/mol. The molecule has 30 heavy (non-hydrogen) atoms. The maximum atomic E-state index is 4.45. The van der Waals surface area contributed by atoms with Crippen molar-refractivity contribution in [2.24, 2.45) is 4.99 Å². The molecule has 2 aromatic rings. The predicted molar refractivity (Wildman–Crippen MR) is 132 cm³/mol. The molecule has 2 aliphatic rings. The molecule has 0 bridgehead atoms. The zero-order chi connectivity index (χ0) is 19.9. The van der Waals surface area contributed by atoms with E-state index in [4.69, 9.17) is 0 Å². The van der Waals surface area contributed by atoms with E-state index in [1.165, 1.54) is 63.4 Å². The molecule has 1 aliphatic carbocycles. The maximum Gasteiger partial charge on any atom is 0.191 e. The fourth-order valence-electron chi connectivity index (χ4n) is 4.65. The second-order valence-corrected chi connectivity index (χ2v) is 8.23. The largest absolute Gasteiger partial charge is 0.352 e. The van der Waals surface area contributed by atoms with Gasteiger partial charge in [0, 0.05) is 37.8 Å². The average molecular weight is 523 g/mol. The number of hydrogen-bond donors (Lipinski definition) is 3. The highest BCUT2D eigenvalue weighted by Crippen LogP contribution is 2.25. The van der Waals surface area contributed by atoms with Gasteiger partial charge in [-0.2, -0.15) is 5.10 Å². The third-order valence-electron chi connectivity index (χ3n) is 6.18. The number of likely N-dealkylation sites (tertiary alicyclic amines) is 1. The number of benzene rings is 1. The van der Waals surface area contributed by atoms with Crippen molar-refractivity contribution in [1.29, 1.82) is 0 Å². The van der Waals surface area contributed by atoms with Gasteiger partial charge in [0.2, 0.25) is 0 Å². The number of aliphatic imine (C=N–C) groups is 1. The van der Waals surface area contributed by atoms with Gasteiger partial charge in [-0.15, -0.1) is 24.0 Å². The highest BCUT2D eigenvalue weighted by atomic mass is 127. The van der Waals surface area contributed by atoms with Crippen LogP contribution in [0.25, 0.3) is 11.4 Å². The molecule has 1 aromatic carbocycles. The molecule has 1 unspecified atom stereocenters. The van der Waals surface area contributed by atoms with Gasteiger partial charge in [-0.25, -0.2) is 4.98 Å². The van der Waals surface area contributed by atoms with Gasteiger partial charge in [0.15, 0.2) is 11.8 Å². The zero-order valence-electron chi connectivity index (χ0n) is 17.8. The normalized spacial score (nSPS) is 21.1. The van der Waals surface area contributed by atoms with E-state index in [9.17, 15) is 0 Å². The van der Waals surface area contributed by atoms with E-state index in [2.05, 4.69) is 47.8 Å². The number of hydrogen-bond acceptors (Lipinski definition) is 4. The van der Waals surface area contributed by atoms with Crippen LogP contribution in [0.1, 0.15) is 50.5 Å². The minimum Gasteiger partial charge on any atom is -0.352 e. The Morgan fingerprint density at radius 2 is 2.07 bits per heavy atom. The van der Waals surface area contributed by atoms with Gasteiger partial charge in [-0.05, 0) is 43.9 Å². The molecule has 2 heterocycles. The van der Waals surface area contributed by atoms with E-state index in [0.717, 1.165) is 36.5 Å². The van der Waals surface area contributed by atoms with Crippen LogP contribution in [0, 0.1) is 0 Å². The summed E-state index contributed by atoms with van der Waals surface area (Å²) < 4.78 is 0. The van der Waals surface area contributed by atoms with Crippen LogP contribution in [-0.4, -0.2) is 58.3 Å². The minimum atomic E-state index is 0. The lowest BCUT2D eigenvalue weighted by Crippen LogP contribution is -2.53. The molecule has 164 valence electrons. The first-order valence-corrected chi connectivity index (χ1v) is 11.0. The van der Waals surface area contributed by atoms with Crippen LogP contribution in [0.15, 0.2) is 35.6 Å². The summed E-state index contributed by atoms with van der Waals surface area (Å²) in [4.78, 5) is 11.4. The topological polar surface area (TPSA) is 81.2 Å². The van der Waals surface area contributed by atoms with E-state index in [1.54, 1.807) is 0 Å². The first-order valence-electron chi connectivity index (χ1n) is 11.0. The van der Waals surface area contributed by atoms with Crippen molar-refractivity contribution < 1.29 is 0 Å². The fraction of sp³-hybridized carbons (Fsp3) is 0.591. The molecule has 1 aliphatic heterocycles. The molecule has 4 rings (SSSR count). The number of halogens is 1. The number of rotatable bonds is 5. The number of H-pyrrole nitrogens is 1. The Labute approximate surface area is 196 Å². The van der Waals surface area contributed by atoms with Gasteiger partial charge in [0.1, 0.15) is 6.33 Å². The van der Waals surface area contributed by atoms with Crippen LogP contribution in [0.5, 0.6) is 0 Å². The van der Waals surface area contributed by atoms with E-state index in [-0.39, 0.29) is 24.0 Å². The van der Waals surface area contributed by atoms with E-state index >= 15 is 0 Å². The summed E-state index contributed by atoms with van der Waals surface area (Å²) in [5.41, 5.74) is 2.23. The van der Waals surface area contributed by atoms with Gasteiger partial charge >= 0.3 is 0 Å². The van der Waals surface area contributed by atoms with Crippen molar-refractivity contribution in [2.75, 3.05) is 20.1 Å². The Morgan fingerprint density at radius 3 is 2.83 bits per heavy atom. The SMILES string of the molecule is CN=C(NCc1cccc(-c2ncn[nH]2)c1)NC1CCCN(C2CCCCC2)C1.I. The number of aromatic amines is 1. The highest BCUT2D eigenvalue weighted by molar-refractivity contribution is 14.0. The van der Waals surface area contributed by atoms with Crippen molar-refractivity contribution in [1.82, 2.24) is 30.7 Å². The summed E-state index contributed by atoms with van der Waals surface area (Å²) in [6.07, 6.45) is 11.0. The van der Waals surface area contributed by atoms with Crippen molar-refractivity contribution in [3.8, 4) is 11.4 Å². The number of aromatic nitrogens is 3. The minimum absolute atomic E-state index is 0. The molecule has 0 spiro atoms. The average Bonchev–Trinajstić information content (AvgIpc) is 3.33. The number of nitrogens with one attached hydrogen (secondary N) is 3. The summed E-state index contributed by atoms with van der Waals surface area (Å²) in [5, 5.41) is 14.0. The first kappa shape index (κ1) is 23.0. The summed E-state index contributed by atoms with van der Waals surface area (Å²) in [5.74, 6) is 1.67. The van der Waals surface area contributed by atoms with Crippen LogP contribution >= 0.6 is 24.0 Å². The molecule has 8 heteroatoms. The predicted octanol–water partition coefficient (Wildman–Crippen LogP) is 3.55. The fourth-order valence-corrected chi connectivity index (χ4v) is 4.65. The highest BCUT2D eigenvalue weighted by Gasteiger charge is 2.27. The van der Waals surface area contributed by atoms with E-state index in [0.29, 0.717) is 6.04 Å². The molecule has 0 amide bonds. The Balaban J connectivity index is 0.00000256. The molecule has 7 nitrogen and oxygen atoms in total. The van der Waals surface area contributed by atoms with Gasteiger partial charge in [0.05, 0.1) is 0 Å². The monoisotopic (exact) mass is 523 g/mol. The zero-order valence-corrected chi connectivity index (χ0v) is 20.1. The Kier molecular flexibility index (Phi) is 8.92. The van der Waals surface area contributed by atoms with Crippen molar-refractivity contribution in [2.45, 2.75) is 63.6 Å². The quantitative estimate of drug-likeness (QED) is 0.318. The number of nitrogens with zero attached hydrogens (tertiary/aromatic N) is 4. The lowest BCUT2D eigenvalue weighted by molar-refractivity contribution is 0.115. The van der Waals surface area contributed by atoms with Crippen molar-refractivity contribution >= 4 is 29.9 Å². The Hall–Kier alpha value is -1.68. The molecule has 3 N–H and O–H groups in total. The lowest BCUT2D eigenvalue weighted by Gasteiger charge is -2.40. The second kappa shape index (κ2) is 11.6. The third-order valence-corrected chi connectivity index (χ3v) is 6.18. The molecule has 1 saturated heterocycles. The third kappa shape index (κ3) is 6.16. The molecule has 1 saturated carbocycles. The summed E-state index contributed by atoms with van der Waals surface area (Å²) >= 11 is 0. The molecule has 1 atom stereocenters. The molecular formula is C22H34IN7. The van der Waals surface area contributed by atoms with Gasteiger partial charge < -0.3 is 10.6 Å². The summed E-state index contributed by atoms with van der Waals surface area (Å²) in [7, 11) is 1.85. The van der Waals surface area contributed by atoms with Crippen molar-refractivity contribution in [3.63, 3.8) is 0 Å². The molecule has 2 fully saturated rings. The molecule has 1 aromatic heterocycles. The van der Waals surface area contributed by atoms with E-state index in [1.807, 2.05) is 19.2 Å². The van der Waals surface area contributed by atoms with Gasteiger partial charge in [-0.3, -0.25) is 15.0 Å². The number of piperidine rings is 1. The van der Waals surface area contributed by atoms with Gasteiger partial charge in [-0.1, -0.05) is 37.5 Å². The first-order chi connectivity index (χ1) is 14.3. The van der Waals surface area contributed by atoms with Crippen LogP contribution in [-0.2, 0) is 6.54 Å². The Morgan fingerprint density at radius 1 is 1.20 bits per heavy atom. The van der Waals surface area contributed by atoms with Crippen LogP contribution < -0.4 is 10.6 Å². The molecule has 0 radical (unpaired) electrons. The standard InChI is InChI=1S/C22H33N7.HI/c1-23-22(24-14-17-7-5-8-18(13-17)21-25-16-26-28-21)27-19-9-6-12-29(15-19)20-10-3-2-4-11-20;/h5,7-8,13,16,19-20H,2-4,6,9-12,14-15H2,1H3,(H2,23,24,27)(H,25,26,28);1H. The van der Waals surface area contributed by atoms with Gasteiger partial charge in [0.25, 0.3) is 0 Å². The summed E-state index contributed by atoms with van der Waals surface area (Å²) in [6.45, 7) is 3.11. The van der Waals surface area contributed by atoms with Crippen LogP contribution in [0.3, 0.4) is 0 Å².